The van der Waals surface area contributed by atoms with Crippen LogP contribution in [0.5, 0.6) is 0 Å². The van der Waals surface area contributed by atoms with E-state index in [2.05, 4.69) is 39.1 Å². The predicted octanol–water partition coefficient (Wildman–Crippen LogP) is 2.13. The summed E-state index contributed by atoms with van der Waals surface area (Å²) < 4.78 is 2.14. The molecule has 2 rings (SSSR count). The maximum absolute atomic E-state index is 4.37. The summed E-state index contributed by atoms with van der Waals surface area (Å²) >= 11 is 1.63. The molecule has 0 bridgehead atoms. The molecular weight excluding hydrogens is 232 g/mol. The Morgan fingerprint density at radius 3 is 3.00 bits per heavy atom. The van der Waals surface area contributed by atoms with Crippen LogP contribution in [0.15, 0.2) is 23.3 Å². The minimum atomic E-state index is 0.664. The summed E-state index contributed by atoms with van der Waals surface area (Å²) in [6, 6.07) is 0. The van der Waals surface area contributed by atoms with E-state index in [-0.39, 0.29) is 0 Å². The van der Waals surface area contributed by atoms with E-state index in [0.29, 0.717) is 5.92 Å². The van der Waals surface area contributed by atoms with Crippen LogP contribution >= 0.6 is 11.3 Å². The van der Waals surface area contributed by atoms with Gasteiger partial charge >= 0.3 is 0 Å². The second kappa shape index (κ2) is 5.93. The summed E-state index contributed by atoms with van der Waals surface area (Å²) in [5.41, 5.74) is 2.96. The second-order valence-electron chi connectivity index (χ2n) is 4.48. The molecule has 0 aliphatic carbocycles. The molecule has 0 spiro atoms. The Hall–Kier alpha value is -1.20. The summed E-state index contributed by atoms with van der Waals surface area (Å²) in [4.78, 5) is 8.66. The molecule has 0 aliphatic rings. The monoisotopic (exact) mass is 250 g/mol. The molecule has 0 aliphatic heterocycles. The summed E-state index contributed by atoms with van der Waals surface area (Å²) in [6.45, 7) is 7.05. The van der Waals surface area contributed by atoms with Crippen LogP contribution in [-0.4, -0.2) is 21.1 Å². The lowest BCUT2D eigenvalue weighted by molar-refractivity contribution is 0.532. The molecule has 1 N–H and O–H groups in total. The highest BCUT2D eigenvalue weighted by atomic mass is 32.1. The molecule has 0 radical (unpaired) electrons. The van der Waals surface area contributed by atoms with Crippen LogP contribution in [-0.2, 0) is 13.1 Å². The van der Waals surface area contributed by atoms with Crippen LogP contribution in [0, 0.1) is 5.92 Å². The molecule has 0 fully saturated rings. The van der Waals surface area contributed by atoms with Gasteiger partial charge in [-0.05, 0) is 12.5 Å². The van der Waals surface area contributed by atoms with Crippen molar-refractivity contribution >= 4 is 11.3 Å². The fraction of sp³-hybridized carbons (Fsp3) is 0.500. The SMILES string of the molecule is CC(C)CNCc1nccn1Cc1cscn1. The van der Waals surface area contributed by atoms with Crippen LogP contribution in [0.3, 0.4) is 0 Å². The van der Waals surface area contributed by atoms with E-state index in [1.54, 1.807) is 11.3 Å². The minimum absolute atomic E-state index is 0.664. The van der Waals surface area contributed by atoms with E-state index in [9.17, 15) is 0 Å². The number of imidazole rings is 1. The first-order valence-corrected chi connectivity index (χ1v) is 6.78. The predicted molar refractivity (Wildman–Crippen MR) is 70.0 cm³/mol. The highest BCUT2D eigenvalue weighted by molar-refractivity contribution is 7.07. The van der Waals surface area contributed by atoms with Gasteiger partial charge in [-0.2, -0.15) is 0 Å². The van der Waals surface area contributed by atoms with Crippen LogP contribution in [0.1, 0.15) is 25.4 Å². The lowest BCUT2D eigenvalue weighted by Crippen LogP contribution is -2.21. The summed E-state index contributed by atoms with van der Waals surface area (Å²) in [5.74, 6) is 1.73. The molecule has 2 aromatic heterocycles. The van der Waals surface area contributed by atoms with Gasteiger partial charge in [0.1, 0.15) is 5.82 Å². The van der Waals surface area contributed by atoms with Crippen molar-refractivity contribution in [3.8, 4) is 0 Å². The molecular formula is C12H18N4S. The lowest BCUT2D eigenvalue weighted by atomic mass is 10.2. The molecule has 0 unspecified atom stereocenters. The Bertz CT molecular complexity index is 433. The molecule has 0 saturated carbocycles. The minimum Gasteiger partial charge on any atom is -0.328 e. The van der Waals surface area contributed by atoms with E-state index in [0.717, 1.165) is 31.2 Å². The number of nitrogens with zero attached hydrogens (tertiary/aromatic N) is 3. The van der Waals surface area contributed by atoms with Gasteiger partial charge in [-0.3, -0.25) is 0 Å². The van der Waals surface area contributed by atoms with E-state index in [1.165, 1.54) is 0 Å². The Labute approximate surface area is 106 Å². The van der Waals surface area contributed by atoms with Crippen molar-refractivity contribution in [2.45, 2.75) is 26.9 Å². The van der Waals surface area contributed by atoms with Gasteiger partial charge in [-0.1, -0.05) is 13.8 Å². The Morgan fingerprint density at radius 2 is 2.29 bits per heavy atom. The Balaban J connectivity index is 1.92. The van der Waals surface area contributed by atoms with Crippen molar-refractivity contribution < 1.29 is 0 Å². The summed E-state index contributed by atoms with van der Waals surface area (Å²) in [5, 5.41) is 5.48. The molecule has 92 valence electrons. The van der Waals surface area contributed by atoms with E-state index in [1.807, 2.05) is 17.9 Å². The van der Waals surface area contributed by atoms with Crippen LogP contribution in [0.2, 0.25) is 0 Å². The van der Waals surface area contributed by atoms with Gasteiger partial charge in [0.25, 0.3) is 0 Å². The number of nitrogens with one attached hydrogen (secondary N) is 1. The maximum atomic E-state index is 4.37. The third-order valence-corrected chi connectivity index (χ3v) is 3.09. The van der Waals surface area contributed by atoms with Crippen molar-refractivity contribution in [1.82, 2.24) is 19.9 Å². The lowest BCUT2D eigenvalue weighted by Gasteiger charge is -2.09. The molecule has 2 heterocycles. The molecule has 2 aromatic rings. The molecule has 17 heavy (non-hydrogen) atoms. The maximum Gasteiger partial charge on any atom is 0.123 e. The molecule has 0 aromatic carbocycles. The van der Waals surface area contributed by atoms with Gasteiger partial charge in [0.2, 0.25) is 0 Å². The van der Waals surface area contributed by atoms with Gasteiger partial charge in [0, 0.05) is 17.8 Å². The van der Waals surface area contributed by atoms with Crippen LogP contribution in [0.25, 0.3) is 0 Å². The van der Waals surface area contributed by atoms with E-state index < -0.39 is 0 Å². The highest BCUT2D eigenvalue weighted by Gasteiger charge is 2.04. The molecule has 0 saturated heterocycles. The third-order valence-electron chi connectivity index (χ3n) is 2.45. The average molecular weight is 250 g/mol. The average Bonchev–Trinajstić information content (AvgIpc) is 2.91. The fourth-order valence-electron chi connectivity index (χ4n) is 1.61. The number of hydrogen-bond acceptors (Lipinski definition) is 4. The van der Waals surface area contributed by atoms with Gasteiger partial charge in [0.05, 0.1) is 24.3 Å². The van der Waals surface area contributed by atoms with Gasteiger partial charge in [-0.15, -0.1) is 11.3 Å². The van der Waals surface area contributed by atoms with Crippen molar-refractivity contribution in [2.24, 2.45) is 5.92 Å². The topological polar surface area (TPSA) is 42.7 Å². The first kappa shape index (κ1) is 12.3. The zero-order chi connectivity index (χ0) is 12.1. The molecule has 5 heteroatoms. The smallest absolute Gasteiger partial charge is 0.123 e. The fourth-order valence-corrected chi connectivity index (χ4v) is 2.16. The number of aromatic nitrogens is 3. The van der Waals surface area contributed by atoms with E-state index >= 15 is 0 Å². The number of thiazole rings is 1. The normalized spacial score (nSPS) is 11.2. The van der Waals surface area contributed by atoms with Gasteiger partial charge < -0.3 is 9.88 Å². The first-order valence-electron chi connectivity index (χ1n) is 5.83. The zero-order valence-electron chi connectivity index (χ0n) is 10.3. The second-order valence-corrected chi connectivity index (χ2v) is 5.19. The van der Waals surface area contributed by atoms with E-state index in [4.69, 9.17) is 0 Å². The standard InChI is InChI=1S/C12H18N4S/c1-10(2)5-13-6-12-14-3-4-16(12)7-11-8-17-9-15-11/h3-4,8-10,13H,5-7H2,1-2H3. The third kappa shape index (κ3) is 3.64. The van der Waals surface area contributed by atoms with Gasteiger partial charge in [-0.25, -0.2) is 9.97 Å². The summed E-state index contributed by atoms with van der Waals surface area (Å²) in [6.07, 6.45) is 3.85. The van der Waals surface area contributed by atoms with Crippen molar-refractivity contribution in [2.75, 3.05) is 6.54 Å². The molecule has 0 amide bonds. The van der Waals surface area contributed by atoms with Crippen molar-refractivity contribution in [3.05, 3.63) is 34.8 Å². The number of hydrogen-bond donors (Lipinski definition) is 1. The molecule has 4 nitrogen and oxygen atoms in total. The van der Waals surface area contributed by atoms with Crippen LogP contribution < -0.4 is 5.32 Å². The quantitative estimate of drug-likeness (QED) is 0.854. The first-order chi connectivity index (χ1) is 8.25. The van der Waals surface area contributed by atoms with Crippen molar-refractivity contribution in [3.63, 3.8) is 0 Å². The largest absolute Gasteiger partial charge is 0.328 e. The Morgan fingerprint density at radius 1 is 1.41 bits per heavy atom. The van der Waals surface area contributed by atoms with Crippen molar-refractivity contribution in [1.29, 1.82) is 0 Å². The Kier molecular flexibility index (Phi) is 4.28. The van der Waals surface area contributed by atoms with Crippen LogP contribution in [0.4, 0.5) is 0 Å². The van der Waals surface area contributed by atoms with Gasteiger partial charge in [0.15, 0.2) is 0 Å². The molecule has 0 atom stereocenters. The number of rotatable bonds is 6. The zero-order valence-corrected chi connectivity index (χ0v) is 11.1. The highest BCUT2D eigenvalue weighted by Crippen LogP contribution is 2.06. The summed E-state index contributed by atoms with van der Waals surface area (Å²) in [7, 11) is 0.